The number of likely N-dealkylation sites (tertiary alicyclic amines) is 1. The summed E-state index contributed by atoms with van der Waals surface area (Å²) >= 11 is 0. The zero-order valence-electron chi connectivity index (χ0n) is 12.5. The van der Waals surface area contributed by atoms with E-state index in [0.29, 0.717) is 5.56 Å². The molecule has 1 saturated heterocycles. The van der Waals surface area contributed by atoms with Gasteiger partial charge in [0.05, 0.1) is 6.04 Å². The Morgan fingerprint density at radius 1 is 1.21 bits per heavy atom. The van der Waals surface area contributed by atoms with Crippen LogP contribution in [-0.2, 0) is 0 Å². The van der Waals surface area contributed by atoms with Gasteiger partial charge in [-0.2, -0.15) is 0 Å². The van der Waals surface area contributed by atoms with Gasteiger partial charge in [0, 0.05) is 11.1 Å². The highest BCUT2D eigenvalue weighted by Gasteiger charge is 2.37. The van der Waals surface area contributed by atoms with Crippen LogP contribution in [0.5, 0.6) is 0 Å². The van der Waals surface area contributed by atoms with Crippen molar-refractivity contribution in [2.45, 2.75) is 52.1 Å². The number of nitrogens with two attached hydrogens (primary N) is 1. The molecule has 1 aliphatic heterocycles. The molecule has 1 atom stereocenters. The molecule has 0 amide bonds. The van der Waals surface area contributed by atoms with Crippen LogP contribution in [0, 0.1) is 19.7 Å². The Morgan fingerprint density at radius 3 is 2.32 bits per heavy atom. The number of aryl methyl sites for hydroxylation is 2. The van der Waals surface area contributed by atoms with Crippen LogP contribution in [0.1, 0.15) is 49.4 Å². The number of benzene rings is 1. The van der Waals surface area contributed by atoms with Gasteiger partial charge < -0.3 is 5.73 Å². The molecule has 3 heteroatoms. The van der Waals surface area contributed by atoms with Crippen LogP contribution in [-0.4, -0.2) is 23.5 Å². The van der Waals surface area contributed by atoms with E-state index in [9.17, 15) is 4.39 Å². The normalized spacial score (nSPS) is 18.8. The van der Waals surface area contributed by atoms with E-state index in [1.807, 2.05) is 19.9 Å². The van der Waals surface area contributed by atoms with Crippen LogP contribution in [0.15, 0.2) is 12.1 Å². The van der Waals surface area contributed by atoms with Crippen molar-refractivity contribution in [3.63, 3.8) is 0 Å². The van der Waals surface area contributed by atoms with Crippen molar-refractivity contribution in [3.05, 3.63) is 34.6 Å². The molecule has 0 aromatic heterocycles. The standard InChI is InChI=1S/C16H25FN2/c1-11-9-12(2)14(13(17)10-11)15(18)16(3,4)19-7-5-6-8-19/h9-10,15H,5-8,18H2,1-4H3. The second-order valence-corrected chi connectivity index (χ2v) is 6.30. The van der Waals surface area contributed by atoms with Gasteiger partial charge in [0.1, 0.15) is 5.82 Å². The van der Waals surface area contributed by atoms with Crippen LogP contribution < -0.4 is 5.73 Å². The highest BCUT2D eigenvalue weighted by molar-refractivity contribution is 5.36. The zero-order valence-corrected chi connectivity index (χ0v) is 12.5. The third kappa shape index (κ3) is 2.67. The van der Waals surface area contributed by atoms with Crippen molar-refractivity contribution in [1.82, 2.24) is 4.90 Å². The van der Waals surface area contributed by atoms with E-state index in [0.717, 1.165) is 24.2 Å². The average molecular weight is 264 g/mol. The third-order valence-electron chi connectivity index (χ3n) is 4.47. The topological polar surface area (TPSA) is 29.3 Å². The highest BCUT2D eigenvalue weighted by atomic mass is 19.1. The van der Waals surface area contributed by atoms with E-state index in [1.165, 1.54) is 12.8 Å². The summed E-state index contributed by atoms with van der Waals surface area (Å²) in [4.78, 5) is 2.39. The maximum Gasteiger partial charge on any atom is 0.128 e. The smallest absolute Gasteiger partial charge is 0.128 e. The highest BCUT2D eigenvalue weighted by Crippen LogP contribution is 2.34. The third-order valence-corrected chi connectivity index (χ3v) is 4.47. The van der Waals surface area contributed by atoms with Gasteiger partial charge in [-0.05, 0) is 70.8 Å². The summed E-state index contributed by atoms with van der Waals surface area (Å²) in [7, 11) is 0. The van der Waals surface area contributed by atoms with Gasteiger partial charge >= 0.3 is 0 Å². The molecule has 1 aliphatic rings. The van der Waals surface area contributed by atoms with Gasteiger partial charge in [-0.15, -0.1) is 0 Å². The summed E-state index contributed by atoms with van der Waals surface area (Å²) in [5.41, 5.74) is 8.79. The SMILES string of the molecule is Cc1cc(C)c(C(N)C(C)(C)N2CCCC2)c(F)c1. The quantitative estimate of drug-likeness (QED) is 0.907. The Labute approximate surface area is 115 Å². The molecule has 2 nitrogen and oxygen atoms in total. The predicted molar refractivity (Wildman–Crippen MR) is 77.7 cm³/mol. The molecule has 19 heavy (non-hydrogen) atoms. The van der Waals surface area contributed by atoms with Crippen molar-refractivity contribution in [2.75, 3.05) is 13.1 Å². The van der Waals surface area contributed by atoms with Crippen molar-refractivity contribution in [3.8, 4) is 0 Å². The summed E-state index contributed by atoms with van der Waals surface area (Å²) in [6.45, 7) is 10.2. The van der Waals surface area contributed by atoms with Crippen LogP contribution in [0.3, 0.4) is 0 Å². The van der Waals surface area contributed by atoms with E-state index in [4.69, 9.17) is 5.73 Å². The fourth-order valence-electron chi connectivity index (χ4n) is 3.16. The molecular formula is C16H25FN2. The fourth-order valence-corrected chi connectivity index (χ4v) is 3.16. The first-order valence-corrected chi connectivity index (χ1v) is 7.11. The molecule has 0 bridgehead atoms. The summed E-state index contributed by atoms with van der Waals surface area (Å²) < 4.78 is 14.3. The van der Waals surface area contributed by atoms with Gasteiger partial charge in [0.25, 0.3) is 0 Å². The molecule has 1 unspecified atom stereocenters. The molecule has 0 spiro atoms. The van der Waals surface area contributed by atoms with Crippen LogP contribution >= 0.6 is 0 Å². The van der Waals surface area contributed by atoms with Crippen molar-refractivity contribution in [1.29, 1.82) is 0 Å². The van der Waals surface area contributed by atoms with E-state index in [2.05, 4.69) is 18.7 Å². The maximum atomic E-state index is 14.3. The average Bonchev–Trinajstić information content (AvgIpc) is 2.81. The Bertz CT molecular complexity index is 439. The molecule has 0 aliphatic carbocycles. The lowest BCUT2D eigenvalue weighted by Crippen LogP contribution is -2.50. The second-order valence-electron chi connectivity index (χ2n) is 6.30. The summed E-state index contributed by atoms with van der Waals surface area (Å²) in [6, 6.07) is 3.30. The summed E-state index contributed by atoms with van der Waals surface area (Å²) in [5, 5.41) is 0. The molecule has 1 aromatic carbocycles. The summed E-state index contributed by atoms with van der Waals surface area (Å²) in [6.07, 6.45) is 2.43. The van der Waals surface area contributed by atoms with Gasteiger partial charge in [-0.1, -0.05) is 6.07 Å². The molecule has 1 fully saturated rings. The summed E-state index contributed by atoms with van der Waals surface area (Å²) in [5.74, 6) is -0.169. The Hall–Kier alpha value is -0.930. The molecule has 0 saturated carbocycles. The number of hydrogen-bond acceptors (Lipinski definition) is 2. The first-order chi connectivity index (χ1) is 8.84. The van der Waals surface area contributed by atoms with Crippen LogP contribution in [0.4, 0.5) is 4.39 Å². The van der Waals surface area contributed by atoms with Crippen LogP contribution in [0.25, 0.3) is 0 Å². The van der Waals surface area contributed by atoms with Crippen molar-refractivity contribution < 1.29 is 4.39 Å². The van der Waals surface area contributed by atoms with E-state index >= 15 is 0 Å². The van der Waals surface area contributed by atoms with Crippen molar-refractivity contribution in [2.24, 2.45) is 5.73 Å². The Morgan fingerprint density at radius 2 is 1.79 bits per heavy atom. The lowest BCUT2D eigenvalue weighted by atomic mass is 9.85. The molecule has 2 N–H and O–H groups in total. The monoisotopic (exact) mass is 264 g/mol. The minimum absolute atomic E-state index is 0.169. The molecular weight excluding hydrogens is 239 g/mol. The number of hydrogen-bond donors (Lipinski definition) is 1. The first kappa shape index (κ1) is 14.5. The van der Waals surface area contributed by atoms with Gasteiger partial charge in [0.2, 0.25) is 0 Å². The first-order valence-electron chi connectivity index (χ1n) is 7.11. The number of rotatable bonds is 3. The van der Waals surface area contributed by atoms with E-state index in [-0.39, 0.29) is 17.4 Å². The molecule has 1 aromatic rings. The maximum absolute atomic E-state index is 14.3. The molecule has 1 heterocycles. The van der Waals surface area contributed by atoms with Gasteiger partial charge in [-0.25, -0.2) is 4.39 Å². The minimum Gasteiger partial charge on any atom is -0.322 e. The minimum atomic E-state index is -0.300. The van der Waals surface area contributed by atoms with Gasteiger partial charge in [0.15, 0.2) is 0 Å². The molecule has 0 radical (unpaired) electrons. The predicted octanol–water partition coefficient (Wildman–Crippen LogP) is 3.32. The van der Waals surface area contributed by atoms with E-state index in [1.54, 1.807) is 6.07 Å². The van der Waals surface area contributed by atoms with E-state index < -0.39 is 0 Å². The Kier molecular flexibility index (Phi) is 3.98. The fraction of sp³-hybridized carbons (Fsp3) is 0.625. The largest absolute Gasteiger partial charge is 0.322 e. The van der Waals surface area contributed by atoms with Gasteiger partial charge in [-0.3, -0.25) is 4.90 Å². The number of nitrogens with zero attached hydrogens (tertiary/aromatic N) is 1. The zero-order chi connectivity index (χ0) is 14.2. The second kappa shape index (κ2) is 5.22. The Balaban J connectivity index is 2.35. The van der Waals surface area contributed by atoms with Crippen LogP contribution in [0.2, 0.25) is 0 Å². The lowest BCUT2D eigenvalue weighted by molar-refractivity contribution is 0.122. The van der Waals surface area contributed by atoms with Crippen molar-refractivity contribution >= 4 is 0 Å². The number of halogens is 1. The lowest BCUT2D eigenvalue weighted by Gasteiger charge is -2.41. The molecule has 2 rings (SSSR count). The molecule has 106 valence electrons.